The second-order valence-corrected chi connectivity index (χ2v) is 5.83. The third-order valence-corrected chi connectivity index (χ3v) is 4.31. The van der Waals surface area contributed by atoms with Crippen LogP contribution in [0.2, 0.25) is 0 Å². The Morgan fingerprint density at radius 2 is 1.71 bits per heavy atom. The average molecular weight is 301 g/mol. The number of nitrogens with one attached hydrogen (secondary N) is 1. The van der Waals surface area contributed by atoms with Crippen molar-refractivity contribution in [3.8, 4) is 5.75 Å². The van der Waals surface area contributed by atoms with Gasteiger partial charge in [0.15, 0.2) is 0 Å². The predicted octanol–water partition coefficient (Wildman–Crippen LogP) is 4.53. The minimum atomic E-state index is 0.357. The van der Waals surface area contributed by atoms with Crippen LogP contribution in [0.3, 0.4) is 0 Å². The van der Waals surface area contributed by atoms with Gasteiger partial charge in [0.05, 0.1) is 6.61 Å². The molecular formula is C18H23NOS. The molecule has 2 nitrogen and oxygen atoms in total. The Bertz CT molecular complexity index is 513. The third-order valence-electron chi connectivity index (χ3n) is 3.20. The van der Waals surface area contributed by atoms with E-state index < -0.39 is 0 Å². The number of hydrogen-bond donors (Lipinski definition) is 1. The van der Waals surface area contributed by atoms with Crippen molar-refractivity contribution in [3.05, 3.63) is 60.2 Å². The summed E-state index contributed by atoms with van der Waals surface area (Å²) in [6.45, 7) is 5.83. The van der Waals surface area contributed by atoms with Gasteiger partial charge in [0.2, 0.25) is 0 Å². The van der Waals surface area contributed by atoms with Gasteiger partial charge in [-0.05, 0) is 43.3 Å². The van der Waals surface area contributed by atoms with Crippen LogP contribution in [-0.2, 0) is 0 Å². The molecule has 2 rings (SSSR count). The molecule has 0 saturated heterocycles. The second kappa shape index (κ2) is 8.75. The molecule has 0 heterocycles. The molecule has 2 aromatic carbocycles. The molecule has 3 heteroatoms. The van der Waals surface area contributed by atoms with E-state index in [9.17, 15) is 0 Å². The van der Waals surface area contributed by atoms with Gasteiger partial charge < -0.3 is 10.1 Å². The Morgan fingerprint density at radius 1 is 1.00 bits per heavy atom. The lowest BCUT2D eigenvalue weighted by Crippen LogP contribution is -2.22. The summed E-state index contributed by atoms with van der Waals surface area (Å²) in [6, 6.07) is 19.3. The zero-order valence-electron chi connectivity index (χ0n) is 12.7. The van der Waals surface area contributed by atoms with E-state index in [0.29, 0.717) is 12.6 Å². The molecule has 21 heavy (non-hydrogen) atoms. The molecule has 2 aromatic rings. The Kier molecular flexibility index (Phi) is 6.64. The monoisotopic (exact) mass is 301 g/mol. The molecule has 1 unspecified atom stereocenters. The molecule has 0 aromatic heterocycles. The summed E-state index contributed by atoms with van der Waals surface area (Å²) in [5, 5.41) is 3.56. The lowest BCUT2D eigenvalue weighted by molar-refractivity contribution is 0.340. The summed E-state index contributed by atoms with van der Waals surface area (Å²) >= 11 is 1.88. The highest BCUT2D eigenvalue weighted by Crippen LogP contribution is 2.25. The summed E-state index contributed by atoms with van der Waals surface area (Å²) in [5.74, 6) is 1.96. The summed E-state index contributed by atoms with van der Waals surface area (Å²) in [4.78, 5) is 1.31. The molecule has 0 aliphatic carbocycles. The Balaban J connectivity index is 2.00. The van der Waals surface area contributed by atoms with Crippen molar-refractivity contribution in [2.45, 2.75) is 24.8 Å². The van der Waals surface area contributed by atoms with Crippen molar-refractivity contribution in [1.29, 1.82) is 0 Å². The lowest BCUT2D eigenvalue weighted by Gasteiger charge is -2.18. The van der Waals surface area contributed by atoms with Crippen LogP contribution in [0.1, 0.15) is 25.5 Å². The minimum Gasteiger partial charge on any atom is -0.494 e. The topological polar surface area (TPSA) is 21.3 Å². The lowest BCUT2D eigenvalue weighted by atomic mass is 10.1. The van der Waals surface area contributed by atoms with Gasteiger partial charge in [-0.1, -0.05) is 37.3 Å². The Morgan fingerprint density at radius 3 is 2.33 bits per heavy atom. The summed E-state index contributed by atoms with van der Waals surface area (Å²) in [7, 11) is 0. The van der Waals surface area contributed by atoms with E-state index in [0.717, 1.165) is 18.0 Å². The van der Waals surface area contributed by atoms with E-state index >= 15 is 0 Å². The van der Waals surface area contributed by atoms with Crippen molar-refractivity contribution in [2.75, 3.05) is 18.9 Å². The molecular weight excluding hydrogens is 278 g/mol. The predicted molar refractivity (Wildman–Crippen MR) is 91.2 cm³/mol. The normalized spacial score (nSPS) is 12.1. The summed E-state index contributed by atoms with van der Waals surface area (Å²) in [5.41, 5.74) is 1.31. The number of hydrogen-bond acceptors (Lipinski definition) is 3. The fourth-order valence-corrected chi connectivity index (χ4v) is 3.20. The van der Waals surface area contributed by atoms with Gasteiger partial charge in [-0.15, -0.1) is 11.8 Å². The number of rotatable bonds is 8. The highest BCUT2D eigenvalue weighted by Gasteiger charge is 2.11. The highest BCUT2D eigenvalue weighted by molar-refractivity contribution is 7.99. The van der Waals surface area contributed by atoms with E-state index in [2.05, 4.69) is 66.8 Å². The van der Waals surface area contributed by atoms with E-state index in [-0.39, 0.29) is 0 Å². The standard InChI is InChI=1S/C18H23NOS/c1-3-19-18(14-21-17-8-6-5-7-9-17)15-10-12-16(13-11-15)20-4-2/h5-13,18-19H,3-4,14H2,1-2H3. The first-order valence-corrected chi connectivity index (χ1v) is 8.46. The van der Waals surface area contributed by atoms with Crippen molar-refractivity contribution in [3.63, 3.8) is 0 Å². The SMILES string of the molecule is CCNC(CSc1ccccc1)c1ccc(OCC)cc1. The van der Waals surface area contributed by atoms with Crippen LogP contribution in [0.25, 0.3) is 0 Å². The van der Waals surface area contributed by atoms with Crippen molar-refractivity contribution < 1.29 is 4.74 Å². The number of thioether (sulfide) groups is 1. The van der Waals surface area contributed by atoms with E-state index in [4.69, 9.17) is 4.74 Å². The van der Waals surface area contributed by atoms with Gasteiger partial charge in [-0.25, -0.2) is 0 Å². The molecule has 0 aliphatic rings. The van der Waals surface area contributed by atoms with Crippen LogP contribution in [-0.4, -0.2) is 18.9 Å². The highest BCUT2D eigenvalue weighted by atomic mass is 32.2. The fraction of sp³-hybridized carbons (Fsp3) is 0.333. The van der Waals surface area contributed by atoms with Gasteiger partial charge in [-0.2, -0.15) is 0 Å². The molecule has 0 spiro atoms. The quantitative estimate of drug-likeness (QED) is 0.724. The molecule has 0 saturated carbocycles. The first-order valence-electron chi connectivity index (χ1n) is 7.47. The van der Waals surface area contributed by atoms with Gasteiger partial charge in [-0.3, -0.25) is 0 Å². The number of benzene rings is 2. The van der Waals surface area contributed by atoms with Gasteiger partial charge in [0, 0.05) is 16.7 Å². The van der Waals surface area contributed by atoms with E-state index in [1.807, 2.05) is 18.7 Å². The van der Waals surface area contributed by atoms with Crippen LogP contribution >= 0.6 is 11.8 Å². The molecule has 1 atom stereocenters. The largest absolute Gasteiger partial charge is 0.494 e. The van der Waals surface area contributed by atoms with Crippen LogP contribution < -0.4 is 10.1 Å². The van der Waals surface area contributed by atoms with Crippen molar-refractivity contribution >= 4 is 11.8 Å². The Hall–Kier alpha value is -1.45. The molecule has 1 N–H and O–H groups in total. The molecule has 0 amide bonds. The van der Waals surface area contributed by atoms with Crippen molar-refractivity contribution in [1.82, 2.24) is 5.32 Å². The van der Waals surface area contributed by atoms with Crippen LogP contribution in [0.15, 0.2) is 59.5 Å². The average Bonchev–Trinajstić information content (AvgIpc) is 2.54. The maximum absolute atomic E-state index is 5.50. The Labute approximate surface area is 131 Å². The zero-order chi connectivity index (χ0) is 14.9. The van der Waals surface area contributed by atoms with Gasteiger partial charge in [0.25, 0.3) is 0 Å². The maximum Gasteiger partial charge on any atom is 0.119 e. The fourth-order valence-electron chi connectivity index (χ4n) is 2.18. The van der Waals surface area contributed by atoms with Crippen LogP contribution in [0.5, 0.6) is 5.75 Å². The third kappa shape index (κ3) is 5.10. The second-order valence-electron chi connectivity index (χ2n) is 4.74. The maximum atomic E-state index is 5.50. The molecule has 112 valence electrons. The molecule has 0 bridgehead atoms. The zero-order valence-corrected chi connectivity index (χ0v) is 13.5. The van der Waals surface area contributed by atoms with Gasteiger partial charge >= 0.3 is 0 Å². The summed E-state index contributed by atoms with van der Waals surface area (Å²) < 4.78 is 5.50. The van der Waals surface area contributed by atoms with Crippen LogP contribution in [0.4, 0.5) is 0 Å². The first kappa shape index (κ1) is 15.9. The first-order chi connectivity index (χ1) is 10.3. The summed E-state index contributed by atoms with van der Waals surface area (Å²) in [6.07, 6.45) is 0. The molecule has 0 fully saturated rings. The van der Waals surface area contributed by atoms with Crippen LogP contribution in [0, 0.1) is 0 Å². The van der Waals surface area contributed by atoms with E-state index in [1.165, 1.54) is 10.5 Å². The van der Waals surface area contributed by atoms with Crippen molar-refractivity contribution in [2.24, 2.45) is 0 Å². The minimum absolute atomic E-state index is 0.357. The smallest absolute Gasteiger partial charge is 0.119 e. The molecule has 0 aliphatic heterocycles. The number of ether oxygens (including phenoxy) is 1. The van der Waals surface area contributed by atoms with Gasteiger partial charge in [0.1, 0.15) is 5.75 Å². The van der Waals surface area contributed by atoms with E-state index in [1.54, 1.807) is 0 Å². The molecule has 0 radical (unpaired) electrons.